The molecule has 0 saturated carbocycles. The van der Waals surface area contributed by atoms with Crippen LogP contribution in [-0.4, -0.2) is 15.9 Å². The van der Waals surface area contributed by atoms with E-state index >= 15 is 0 Å². The molecule has 1 aromatic rings. The van der Waals surface area contributed by atoms with Crippen LogP contribution < -0.4 is 5.73 Å². The van der Waals surface area contributed by atoms with Crippen LogP contribution in [0.2, 0.25) is 0 Å². The zero-order valence-electron chi connectivity index (χ0n) is 6.47. The lowest BCUT2D eigenvalue weighted by molar-refractivity contribution is -0.113. The number of aromatic nitrogens is 2. The van der Waals surface area contributed by atoms with Gasteiger partial charge in [0.15, 0.2) is 0 Å². The second-order valence-corrected chi connectivity index (χ2v) is 2.21. The zero-order chi connectivity index (χ0) is 8.81. The van der Waals surface area contributed by atoms with Crippen molar-refractivity contribution in [1.82, 2.24) is 9.97 Å². The minimum absolute atomic E-state index is 0.441. The number of carbonyl (C=O) groups excluding carboxylic acids is 1. The van der Waals surface area contributed by atoms with Crippen LogP contribution in [0.1, 0.15) is 5.69 Å². The molecule has 12 heavy (non-hydrogen) atoms. The lowest BCUT2D eigenvalue weighted by atomic mass is 10.3. The molecular formula is C8H9N3O. The maximum absolute atomic E-state index is 10.3. The molecule has 4 nitrogen and oxygen atoms in total. The number of primary amides is 1. The second-order valence-electron chi connectivity index (χ2n) is 2.21. The van der Waals surface area contributed by atoms with E-state index in [4.69, 9.17) is 5.73 Å². The number of allylic oxidation sites excluding steroid dienone is 1. The molecule has 0 fully saturated rings. The number of carbonyl (C=O) groups is 1. The van der Waals surface area contributed by atoms with Crippen molar-refractivity contribution < 1.29 is 4.79 Å². The highest BCUT2D eigenvalue weighted by atomic mass is 16.1. The van der Waals surface area contributed by atoms with Gasteiger partial charge < -0.3 is 5.73 Å². The summed E-state index contributed by atoms with van der Waals surface area (Å²) in [7, 11) is 0. The van der Waals surface area contributed by atoms with Crippen LogP contribution >= 0.6 is 0 Å². The van der Waals surface area contributed by atoms with Crippen molar-refractivity contribution in [3.05, 3.63) is 36.4 Å². The third-order valence-corrected chi connectivity index (χ3v) is 1.25. The van der Waals surface area contributed by atoms with Gasteiger partial charge in [0.1, 0.15) is 6.33 Å². The maximum Gasteiger partial charge on any atom is 0.241 e. The van der Waals surface area contributed by atoms with E-state index in [0.717, 1.165) is 5.69 Å². The molecule has 0 aromatic carbocycles. The summed E-state index contributed by atoms with van der Waals surface area (Å²) < 4.78 is 0. The molecule has 0 spiro atoms. The van der Waals surface area contributed by atoms with Gasteiger partial charge in [0.25, 0.3) is 0 Å². The highest BCUT2D eigenvalue weighted by Gasteiger charge is 1.88. The Labute approximate surface area is 70.1 Å². The Hall–Kier alpha value is -1.71. The molecule has 0 aliphatic heterocycles. The van der Waals surface area contributed by atoms with E-state index in [1.54, 1.807) is 18.3 Å². The Balaban J connectivity index is 2.49. The quantitative estimate of drug-likeness (QED) is 0.640. The van der Waals surface area contributed by atoms with E-state index in [2.05, 4.69) is 9.97 Å². The van der Waals surface area contributed by atoms with Gasteiger partial charge in [-0.15, -0.1) is 0 Å². The van der Waals surface area contributed by atoms with E-state index in [1.165, 1.54) is 12.4 Å². The topological polar surface area (TPSA) is 68.9 Å². The molecule has 0 unspecified atom stereocenters. The van der Waals surface area contributed by atoms with E-state index < -0.39 is 5.91 Å². The van der Waals surface area contributed by atoms with Crippen molar-refractivity contribution in [2.75, 3.05) is 0 Å². The summed E-state index contributed by atoms with van der Waals surface area (Å²) in [5, 5.41) is 0. The van der Waals surface area contributed by atoms with Crippen molar-refractivity contribution in [3.8, 4) is 0 Å². The van der Waals surface area contributed by atoms with Gasteiger partial charge in [-0.3, -0.25) is 4.79 Å². The van der Waals surface area contributed by atoms with E-state index in [0.29, 0.717) is 6.42 Å². The summed E-state index contributed by atoms with van der Waals surface area (Å²) in [5.74, 6) is -0.441. The molecule has 1 rings (SSSR count). The van der Waals surface area contributed by atoms with Crippen molar-refractivity contribution in [2.24, 2.45) is 5.73 Å². The largest absolute Gasteiger partial charge is 0.366 e. The van der Waals surface area contributed by atoms with Crippen LogP contribution in [0, 0.1) is 0 Å². The van der Waals surface area contributed by atoms with Gasteiger partial charge in [0, 0.05) is 18.3 Å². The Kier molecular flexibility index (Phi) is 2.95. The highest BCUT2D eigenvalue weighted by Crippen LogP contribution is 1.92. The smallest absolute Gasteiger partial charge is 0.241 e. The fourth-order valence-electron chi connectivity index (χ4n) is 0.735. The fourth-order valence-corrected chi connectivity index (χ4v) is 0.735. The van der Waals surface area contributed by atoms with E-state index in [9.17, 15) is 4.79 Å². The molecule has 0 saturated heterocycles. The first-order valence-corrected chi connectivity index (χ1v) is 3.50. The van der Waals surface area contributed by atoms with Gasteiger partial charge >= 0.3 is 0 Å². The molecule has 0 atom stereocenters. The lowest BCUT2D eigenvalue weighted by Gasteiger charge is -1.91. The minimum Gasteiger partial charge on any atom is -0.366 e. The first-order valence-electron chi connectivity index (χ1n) is 3.50. The molecule has 1 heterocycles. The first-order chi connectivity index (χ1) is 5.79. The first kappa shape index (κ1) is 8.39. The zero-order valence-corrected chi connectivity index (χ0v) is 6.47. The monoisotopic (exact) mass is 163 g/mol. The second kappa shape index (κ2) is 4.23. The van der Waals surface area contributed by atoms with Gasteiger partial charge in [0.2, 0.25) is 5.91 Å². The molecule has 0 bridgehead atoms. The normalized spacial score (nSPS) is 10.3. The van der Waals surface area contributed by atoms with Gasteiger partial charge in [-0.2, -0.15) is 0 Å². The highest BCUT2D eigenvalue weighted by molar-refractivity contribution is 5.85. The number of amides is 1. The van der Waals surface area contributed by atoms with Crippen LogP contribution in [0.5, 0.6) is 0 Å². The summed E-state index contributed by atoms with van der Waals surface area (Å²) in [6, 6.07) is 1.78. The van der Waals surface area contributed by atoms with E-state index in [1.807, 2.05) is 0 Å². The summed E-state index contributed by atoms with van der Waals surface area (Å²) >= 11 is 0. The summed E-state index contributed by atoms with van der Waals surface area (Å²) in [4.78, 5) is 18.0. The van der Waals surface area contributed by atoms with Crippen molar-refractivity contribution in [3.63, 3.8) is 0 Å². The number of nitrogens with zero attached hydrogens (tertiary/aromatic N) is 2. The Morgan fingerprint density at radius 2 is 2.50 bits per heavy atom. The predicted octanol–water partition coefficient (Wildman–Crippen LogP) is 0.0606. The Bertz CT molecular complexity index is 282. The minimum atomic E-state index is -0.441. The summed E-state index contributed by atoms with van der Waals surface area (Å²) in [5.41, 5.74) is 5.76. The molecule has 1 aromatic heterocycles. The third kappa shape index (κ3) is 2.92. The average molecular weight is 163 g/mol. The van der Waals surface area contributed by atoms with Crippen LogP contribution in [0.15, 0.2) is 30.7 Å². The maximum atomic E-state index is 10.3. The Morgan fingerprint density at radius 1 is 1.67 bits per heavy atom. The Morgan fingerprint density at radius 3 is 3.08 bits per heavy atom. The third-order valence-electron chi connectivity index (χ3n) is 1.25. The van der Waals surface area contributed by atoms with Gasteiger partial charge in [-0.1, -0.05) is 6.08 Å². The van der Waals surface area contributed by atoms with Crippen molar-refractivity contribution in [1.29, 1.82) is 0 Å². The molecular weight excluding hydrogens is 154 g/mol. The standard InChI is InChI=1S/C8H9N3O/c9-8(12)3-1-2-7-4-5-10-6-11-7/h1,3-6H,2H2,(H2,9,12). The van der Waals surface area contributed by atoms with Crippen LogP contribution in [0.4, 0.5) is 0 Å². The molecule has 1 amide bonds. The summed E-state index contributed by atoms with van der Waals surface area (Å²) in [6.45, 7) is 0. The predicted molar refractivity (Wildman–Crippen MR) is 44.1 cm³/mol. The summed E-state index contributed by atoms with van der Waals surface area (Å²) in [6.07, 6.45) is 6.71. The van der Waals surface area contributed by atoms with Crippen LogP contribution in [0.25, 0.3) is 0 Å². The van der Waals surface area contributed by atoms with Crippen LogP contribution in [-0.2, 0) is 11.2 Å². The van der Waals surface area contributed by atoms with Gasteiger partial charge in [-0.25, -0.2) is 9.97 Å². The number of hydrogen-bond acceptors (Lipinski definition) is 3. The molecule has 62 valence electrons. The number of hydrogen-bond donors (Lipinski definition) is 1. The van der Waals surface area contributed by atoms with Gasteiger partial charge in [-0.05, 0) is 12.1 Å². The molecule has 4 heteroatoms. The lowest BCUT2D eigenvalue weighted by Crippen LogP contribution is -2.05. The van der Waals surface area contributed by atoms with Crippen molar-refractivity contribution >= 4 is 5.91 Å². The average Bonchev–Trinajstić information content (AvgIpc) is 2.05. The van der Waals surface area contributed by atoms with Gasteiger partial charge in [0.05, 0.1) is 0 Å². The molecule has 2 N–H and O–H groups in total. The SMILES string of the molecule is NC(=O)C=CCc1ccncn1. The van der Waals surface area contributed by atoms with Crippen molar-refractivity contribution in [2.45, 2.75) is 6.42 Å². The number of nitrogens with two attached hydrogens (primary N) is 1. The van der Waals surface area contributed by atoms with E-state index in [-0.39, 0.29) is 0 Å². The fraction of sp³-hybridized carbons (Fsp3) is 0.125. The molecule has 0 aliphatic rings. The van der Waals surface area contributed by atoms with Crippen LogP contribution in [0.3, 0.4) is 0 Å². The molecule has 0 aliphatic carbocycles. The molecule has 0 radical (unpaired) electrons. The number of rotatable bonds is 3.